The van der Waals surface area contributed by atoms with Gasteiger partial charge in [-0.25, -0.2) is 9.97 Å². The minimum Gasteiger partial charge on any atom is -0.263 e. The van der Waals surface area contributed by atoms with Crippen LogP contribution in [0.5, 0.6) is 0 Å². The Morgan fingerprint density at radius 1 is 0.864 bits per heavy atom. The minimum atomic E-state index is 0.462. The molecule has 0 radical (unpaired) electrons. The van der Waals surface area contributed by atoms with Gasteiger partial charge in [-0.15, -0.1) is 0 Å². The molecule has 0 aliphatic rings. The van der Waals surface area contributed by atoms with Crippen molar-refractivity contribution >= 4 is 0 Å². The largest absolute Gasteiger partial charge is 0.263 e. The minimum absolute atomic E-state index is 0.462. The number of H-pyrrole nitrogens is 2. The van der Waals surface area contributed by atoms with E-state index in [9.17, 15) is 0 Å². The van der Waals surface area contributed by atoms with Gasteiger partial charge in [0.15, 0.2) is 0 Å². The summed E-state index contributed by atoms with van der Waals surface area (Å²) in [6.07, 6.45) is 8.35. The van der Waals surface area contributed by atoms with Crippen LogP contribution in [0, 0.1) is 0 Å². The zero-order chi connectivity index (χ0) is 15.0. The number of hydrogen-bond donors (Lipinski definition) is 2. The van der Waals surface area contributed by atoms with Gasteiger partial charge in [0.2, 0.25) is 0 Å². The summed E-state index contributed by atoms with van der Waals surface area (Å²) in [5, 5.41) is 13.7. The van der Waals surface area contributed by atoms with E-state index in [1.807, 2.05) is 0 Å². The van der Waals surface area contributed by atoms with Crippen molar-refractivity contribution in [1.82, 2.24) is 30.4 Å². The van der Waals surface area contributed by atoms with Crippen molar-refractivity contribution in [2.24, 2.45) is 0 Å². The standard InChI is InChI=1S/C16H20N6/c1-2-6-13(7-3-1)14(10-16-18-12-20-22-16)8-4-5-9-15-17-11-19-21-15/h1-3,6-7,11-12,14H,4-5,8-10H2,(H,17,19,21)(H,18,20,22). The molecule has 0 saturated carbocycles. The van der Waals surface area contributed by atoms with Crippen LogP contribution in [0.15, 0.2) is 43.0 Å². The zero-order valence-corrected chi connectivity index (χ0v) is 12.4. The first-order chi connectivity index (χ1) is 10.9. The molecular weight excluding hydrogens is 276 g/mol. The Morgan fingerprint density at radius 3 is 2.27 bits per heavy atom. The number of benzene rings is 1. The van der Waals surface area contributed by atoms with E-state index in [1.165, 1.54) is 5.56 Å². The first kappa shape index (κ1) is 14.4. The van der Waals surface area contributed by atoms with E-state index in [4.69, 9.17) is 0 Å². The number of aryl methyl sites for hydroxylation is 1. The van der Waals surface area contributed by atoms with Crippen molar-refractivity contribution in [2.75, 3.05) is 0 Å². The zero-order valence-electron chi connectivity index (χ0n) is 12.4. The van der Waals surface area contributed by atoms with E-state index in [0.717, 1.165) is 43.8 Å². The van der Waals surface area contributed by atoms with Gasteiger partial charge in [0.1, 0.15) is 24.3 Å². The average molecular weight is 296 g/mol. The van der Waals surface area contributed by atoms with E-state index in [2.05, 4.69) is 60.7 Å². The fourth-order valence-electron chi connectivity index (χ4n) is 2.71. The summed E-state index contributed by atoms with van der Waals surface area (Å²) in [4.78, 5) is 8.42. The highest BCUT2D eigenvalue weighted by Crippen LogP contribution is 2.25. The molecule has 0 fully saturated rings. The van der Waals surface area contributed by atoms with E-state index in [1.54, 1.807) is 12.7 Å². The summed E-state index contributed by atoms with van der Waals surface area (Å²) in [5.74, 6) is 2.37. The van der Waals surface area contributed by atoms with Gasteiger partial charge in [-0.1, -0.05) is 36.8 Å². The van der Waals surface area contributed by atoms with Crippen LogP contribution in [-0.4, -0.2) is 30.4 Å². The molecule has 22 heavy (non-hydrogen) atoms. The van der Waals surface area contributed by atoms with Crippen LogP contribution in [0.1, 0.15) is 42.4 Å². The smallest absolute Gasteiger partial charge is 0.137 e. The second-order valence-corrected chi connectivity index (χ2v) is 5.42. The lowest BCUT2D eigenvalue weighted by Crippen LogP contribution is -2.05. The second-order valence-electron chi connectivity index (χ2n) is 5.42. The van der Waals surface area contributed by atoms with E-state index in [-0.39, 0.29) is 0 Å². The van der Waals surface area contributed by atoms with Gasteiger partial charge in [-0.3, -0.25) is 10.2 Å². The summed E-state index contributed by atoms with van der Waals surface area (Å²) >= 11 is 0. The van der Waals surface area contributed by atoms with Crippen LogP contribution in [0.3, 0.4) is 0 Å². The molecule has 0 bridgehead atoms. The van der Waals surface area contributed by atoms with Gasteiger partial charge < -0.3 is 0 Å². The fourth-order valence-corrected chi connectivity index (χ4v) is 2.71. The predicted octanol–water partition coefficient (Wildman–Crippen LogP) is 2.66. The fraction of sp³-hybridized carbons (Fsp3) is 0.375. The Labute approximate surface area is 129 Å². The number of aromatic nitrogens is 6. The Morgan fingerprint density at radius 2 is 1.59 bits per heavy atom. The number of nitrogens with zero attached hydrogens (tertiary/aromatic N) is 4. The van der Waals surface area contributed by atoms with Gasteiger partial charge in [-0.2, -0.15) is 10.2 Å². The van der Waals surface area contributed by atoms with E-state index >= 15 is 0 Å². The summed E-state index contributed by atoms with van der Waals surface area (Å²) < 4.78 is 0. The molecule has 114 valence electrons. The molecule has 0 amide bonds. The molecule has 3 rings (SSSR count). The number of aromatic amines is 2. The predicted molar refractivity (Wildman–Crippen MR) is 83.2 cm³/mol. The van der Waals surface area contributed by atoms with Crippen LogP contribution in [0.4, 0.5) is 0 Å². The van der Waals surface area contributed by atoms with Gasteiger partial charge in [0.05, 0.1) is 0 Å². The molecule has 0 saturated heterocycles. The van der Waals surface area contributed by atoms with Crippen LogP contribution in [0.2, 0.25) is 0 Å². The quantitative estimate of drug-likeness (QED) is 0.626. The van der Waals surface area contributed by atoms with Crippen molar-refractivity contribution in [3.63, 3.8) is 0 Å². The molecule has 6 heteroatoms. The van der Waals surface area contributed by atoms with Crippen LogP contribution >= 0.6 is 0 Å². The normalized spacial score (nSPS) is 12.4. The first-order valence-electron chi connectivity index (χ1n) is 7.65. The highest BCUT2D eigenvalue weighted by molar-refractivity contribution is 5.20. The van der Waals surface area contributed by atoms with Crippen LogP contribution in [-0.2, 0) is 12.8 Å². The monoisotopic (exact) mass is 296 g/mol. The van der Waals surface area contributed by atoms with Gasteiger partial charge in [0, 0.05) is 12.8 Å². The molecule has 2 heterocycles. The third-order valence-corrected chi connectivity index (χ3v) is 3.86. The third-order valence-electron chi connectivity index (χ3n) is 3.86. The highest BCUT2D eigenvalue weighted by atomic mass is 15.2. The average Bonchev–Trinajstić information content (AvgIpc) is 3.25. The van der Waals surface area contributed by atoms with Crippen molar-refractivity contribution in [2.45, 2.75) is 38.0 Å². The molecule has 0 spiro atoms. The number of hydrogen-bond acceptors (Lipinski definition) is 4. The second kappa shape index (κ2) is 7.49. The summed E-state index contributed by atoms with van der Waals surface area (Å²) in [5.41, 5.74) is 1.36. The number of rotatable bonds is 8. The lowest BCUT2D eigenvalue weighted by molar-refractivity contribution is 0.553. The third kappa shape index (κ3) is 4.00. The Kier molecular flexibility index (Phi) is 4.92. The molecule has 0 aliphatic heterocycles. The molecule has 3 aromatic rings. The molecule has 1 atom stereocenters. The highest BCUT2D eigenvalue weighted by Gasteiger charge is 2.13. The van der Waals surface area contributed by atoms with Gasteiger partial charge in [-0.05, 0) is 24.3 Å². The van der Waals surface area contributed by atoms with E-state index in [0.29, 0.717) is 5.92 Å². The Bertz CT molecular complexity index is 633. The van der Waals surface area contributed by atoms with Crippen molar-refractivity contribution in [3.8, 4) is 0 Å². The maximum Gasteiger partial charge on any atom is 0.137 e. The SMILES string of the molecule is c1ccc(C(CCCCc2ncn[nH]2)Cc2ncn[nH]2)cc1. The molecular formula is C16H20N6. The van der Waals surface area contributed by atoms with Crippen LogP contribution in [0.25, 0.3) is 0 Å². The molecule has 2 aromatic heterocycles. The van der Waals surface area contributed by atoms with Crippen molar-refractivity contribution in [1.29, 1.82) is 0 Å². The molecule has 6 nitrogen and oxygen atoms in total. The lowest BCUT2D eigenvalue weighted by Gasteiger charge is -2.16. The number of unbranched alkanes of at least 4 members (excludes halogenated alkanes) is 1. The molecule has 1 aromatic carbocycles. The van der Waals surface area contributed by atoms with Gasteiger partial charge >= 0.3 is 0 Å². The maximum atomic E-state index is 4.26. The first-order valence-corrected chi connectivity index (χ1v) is 7.65. The molecule has 0 aliphatic carbocycles. The summed E-state index contributed by atoms with van der Waals surface area (Å²) in [6, 6.07) is 10.6. The number of nitrogens with one attached hydrogen (secondary N) is 2. The van der Waals surface area contributed by atoms with Gasteiger partial charge in [0.25, 0.3) is 0 Å². The van der Waals surface area contributed by atoms with E-state index < -0.39 is 0 Å². The molecule has 2 N–H and O–H groups in total. The Hall–Kier alpha value is -2.50. The Balaban J connectivity index is 1.56. The van der Waals surface area contributed by atoms with Crippen molar-refractivity contribution in [3.05, 3.63) is 60.2 Å². The molecule has 1 unspecified atom stereocenters. The summed E-state index contributed by atoms with van der Waals surface area (Å²) in [7, 11) is 0. The summed E-state index contributed by atoms with van der Waals surface area (Å²) in [6.45, 7) is 0. The van der Waals surface area contributed by atoms with Crippen LogP contribution < -0.4 is 0 Å². The lowest BCUT2D eigenvalue weighted by atomic mass is 9.90. The maximum absolute atomic E-state index is 4.26. The topological polar surface area (TPSA) is 83.1 Å². The van der Waals surface area contributed by atoms with Crippen molar-refractivity contribution < 1.29 is 0 Å².